The Balaban J connectivity index is 1.85. The summed E-state index contributed by atoms with van der Waals surface area (Å²) in [4.78, 5) is 27.8. The number of aromatic amines is 1. The maximum atomic E-state index is 13.2. The maximum Gasteiger partial charge on any atom is 0.252 e. The SMILES string of the molecule is Cc1cc(CNC(=O)c2cccc3c2CN(CCC(C)C)CC(=O)NCCCCCO3)n[nH]1. The lowest BCUT2D eigenvalue weighted by Crippen LogP contribution is -2.38. The summed E-state index contributed by atoms with van der Waals surface area (Å²) in [5, 5.41) is 13.1. The molecular weight excluding hydrogens is 418 g/mol. The van der Waals surface area contributed by atoms with E-state index in [9.17, 15) is 9.59 Å². The Hall–Kier alpha value is -2.87. The van der Waals surface area contributed by atoms with Gasteiger partial charge in [-0.2, -0.15) is 5.10 Å². The van der Waals surface area contributed by atoms with Gasteiger partial charge in [-0.15, -0.1) is 0 Å². The topological polar surface area (TPSA) is 99.3 Å². The standard InChI is InChI=1S/C25H37N5O3/c1-18(2)10-12-30-16-22-21(25(32)27-15-20-14-19(3)28-29-20)8-7-9-23(22)33-13-6-4-5-11-26-24(31)17-30/h7-9,14,18H,4-6,10-13,15-17H2,1-3H3,(H,26,31)(H,27,32)(H,28,29). The van der Waals surface area contributed by atoms with E-state index >= 15 is 0 Å². The van der Waals surface area contributed by atoms with Gasteiger partial charge in [0.15, 0.2) is 0 Å². The summed E-state index contributed by atoms with van der Waals surface area (Å²) < 4.78 is 6.13. The highest BCUT2D eigenvalue weighted by Crippen LogP contribution is 2.26. The number of H-pyrrole nitrogens is 1. The number of nitrogens with zero attached hydrogens (tertiary/aromatic N) is 2. The molecule has 33 heavy (non-hydrogen) atoms. The first-order valence-electron chi connectivity index (χ1n) is 11.9. The van der Waals surface area contributed by atoms with E-state index in [0.717, 1.165) is 49.2 Å². The van der Waals surface area contributed by atoms with Gasteiger partial charge >= 0.3 is 0 Å². The molecule has 2 amide bonds. The van der Waals surface area contributed by atoms with E-state index in [0.29, 0.717) is 50.0 Å². The van der Waals surface area contributed by atoms with Gasteiger partial charge in [-0.05, 0) is 63.3 Å². The third kappa shape index (κ3) is 7.89. The summed E-state index contributed by atoms with van der Waals surface area (Å²) in [5.74, 6) is 1.08. The van der Waals surface area contributed by atoms with Gasteiger partial charge in [0, 0.05) is 29.9 Å². The zero-order valence-corrected chi connectivity index (χ0v) is 20.1. The molecule has 3 N–H and O–H groups in total. The van der Waals surface area contributed by atoms with Crippen molar-refractivity contribution in [3.63, 3.8) is 0 Å². The van der Waals surface area contributed by atoms with E-state index in [4.69, 9.17) is 4.74 Å². The first kappa shape index (κ1) is 24.8. The van der Waals surface area contributed by atoms with Gasteiger partial charge < -0.3 is 15.4 Å². The van der Waals surface area contributed by atoms with Gasteiger partial charge in [-0.3, -0.25) is 19.6 Å². The van der Waals surface area contributed by atoms with Crippen LogP contribution in [0.4, 0.5) is 0 Å². The highest BCUT2D eigenvalue weighted by atomic mass is 16.5. The van der Waals surface area contributed by atoms with Gasteiger partial charge in [0.25, 0.3) is 5.91 Å². The Bertz CT molecular complexity index is 925. The predicted octanol–water partition coefficient (Wildman–Crippen LogP) is 3.18. The summed E-state index contributed by atoms with van der Waals surface area (Å²) in [5.41, 5.74) is 3.13. The number of carbonyl (C=O) groups excluding carboxylic acids is 2. The van der Waals surface area contributed by atoms with Crippen LogP contribution >= 0.6 is 0 Å². The monoisotopic (exact) mass is 455 g/mol. The number of aromatic nitrogens is 2. The van der Waals surface area contributed by atoms with Crippen molar-refractivity contribution in [2.75, 3.05) is 26.2 Å². The third-order valence-electron chi connectivity index (χ3n) is 5.74. The van der Waals surface area contributed by atoms with Gasteiger partial charge in [-0.1, -0.05) is 19.9 Å². The normalized spacial score (nSPS) is 16.1. The summed E-state index contributed by atoms with van der Waals surface area (Å²) in [6, 6.07) is 7.51. The van der Waals surface area contributed by atoms with E-state index in [1.165, 1.54) is 0 Å². The Morgan fingerprint density at radius 2 is 2.09 bits per heavy atom. The van der Waals surface area contributed by atoms with Crippen LogP contribution in [-0.2, 0) is 17.9 Å². The van der Waals surface area contributed by atoms with Crippen molar-refractivity contribution >= 4 is 11.8 Å². The predicted molar refractivity (Wildman–Crippen MR) is 128 cm³/mol. The highest BCUT2D eigenvalue weighted by molar-refractivity contribution is 5.96. The summed E-state index contributed by atoms with van der Waals surface area (Å²) >= 11 is 0. The Labute approximate surface area is 196 Å². The van der Waals surface area contributed by atoms with Crippen LogP contribution in [0.3, 0.4) is 0 Å². The van der Waals surface area contributed by atoms with Gasteiger partial charge in [-0.25, -0.2) is 0 Å². The fourth-order valence-electron chi connectivity index (χ4n) is 3.86. The maximum absolute atomic E-state index is 13.2. The number of benzene rings is 1. The van der Waals surface area contributed by atoms with Crippen molar-refractivity contribution in [2.24, 2.45) is 5.92 Å². The molecule has 0 aliphatic carbocycles. The number of hydrogen-bond donors (Lipinski definition) is 3. The van der Waals surface area contributed by atoms with Crippen LogP contribution < -0.4 is 15.4 Å². The smallest absolute Gasteiger partial charge is 0.252 e. The Morgan fingerprint density at radius 1 is 1.24 bits per heavy atom. The second-order valence-electron chi connectivity index (χ2n) is 9.16. The second-order valence-corrected chi connectivity index (χ2v) is 9.16. The van der Waals surface area contributed by atoms with E-state index in [2.05, 4.69) is 39.6 Å². The van der Waals surface area contributed by atoms with Crippen LogP contribution in [0.5, 0.6) is 5.75 Å². The third-order valence-corrected chi connectivity index (χ3v) is 5.74. The summed E-state index contributed by atoms with van der Waals surface area (Å²) in [6.07, 6.45) is 3.79. The quantitative estimate of drug-likeness (QED) is 0.621. The molecule has 0 atom stereocenters. The fourth-order valence-corrected chi connectivity index (χ4v) is 3.86. The van der Waals surface area contributed by atoms with E-state index in [-0.39, 0.29) is 11.8 Å². The van der Waals surface area contributed by atoms with Crippen molar-refractivity contribution in [3.8, 4) is 5.75 Å². The molecular formula is C25H37N5O3. The number of rotatable bonds is 6. The lowest BCUT2D eigenvalue weighted by atomic mass is 10.0. The molecule has 1 aliphatic rings. The molecule has 1 aromatic carbocycles. The summed E-state index contributed by atoms with van der Waals surface area (Å²) in [6.45, 7) is 9.43. The minimum atomic E-state index is -0.173. The molecule has 2 aromatic rings. The van der Waals surface area contributed by atoms with Crippen LogP contribution in [0.2, 0.25) is 0 Å². The van der Waals surface area contributed by atoms with Crippen molar-refractivity contribution in [3.05, 3.63) is 46.8 Å². The molecule has 0 saturated carbocycles. The van der Waals surface area contributed by atoms with Crippen molar-refractivity contribution in [2.45, 2.75) is 59.5 Å². The Kier molecular flexibility index (Phi) is 9.30. The second kappa shape index (κ2) is 12.4. The lowest BCUT2D eigenvalue weighted by molar-refractivity contribution is -0.122. The fraction of sp³-hybridized carbons (Fsp3) is 0.560. The number of fused-ring (bicyclic) bond motifs is 1. The van der Waals surface area contributed by atoms with Crippen molar-refractivity contribution < 1.29 is 14.3 Å². The molecule has 0 saturated heterocycles. The number of carbonyl (C=O) groups is 2. The zero-order chi connectivity index (χ0) is 23.6. The minimum absolute atomic E-state index is 0.0244. The van der Waals surface area contributed by atoms with Crippen LogP contribution in [0, 0.1) is 12.8 Å². The van der Waals surface area contributed by atoms with Gasteiger partial charge in [0.1, 0.15) is 5.75 Å². The van der Waals surface area contributed by atoms with Crippen molar-refractivity contribution in [1.29, 1.82) is 0 Å². The summed E-state index contributed by atoms with van der Waals surface area (Å²) in [7, 11) is 0. The van der Waals surface area contributed by atoms with Crippen LogP contribution in [0.1, 0.15) is 66.8 Å². The number of nitrogens with one attached hydrogen (secondary N) is 3. The minimum Gasteiger partial charge on any atom is -0.493 e. The lowest BCUT2D eigenvalue weighted by Gasteiger charge is -2.25. The molecule has 0 unspecified atom stereocenters. The number of hydrogen-bond acceptors (Lipinski definition) is 5. The molecule has 3 rings (SSSR count). The first-order chi connectivity index (χ1) is 15.9. The number of amides is 2. The molecule has 1 aliphatic heterocycles. The van der Waals surface area contributed by atoms with E-state index in [1.807, 2.05) is 31.2 Å². The zero-order valence-electron chi connectivity index (χ0n) is 20.1. The average Bonchev–Trinajstić information content (AvgIpc) is 3.20. The Morgan fingerprint density at radius 3 is 2.85 bits per heavy atom. The van der Waals surface area contributed by atoms with E-state index < -0.39 is 0 Å². The molecule has 8 heteroatoms. The van der Waals surface area contributed by atoms with Crippen LogP contribution in [0.25, 0.3) is 0 Å². The molecule has 1 aromatic heterocycles. The molecule has 0 spiro atoms. The first-order valence-corrected chi connectivity index (χ1v) is 11.9. The van der Waals surface area contributed by atoms with Crippen LogP contribution in [0.15, 0.2) is 24.3 Å². The molecule has 0 fully saturated rings. The molecule has 0 bridgehead atoms. The molecule has 180 valence electrons. The van der Waals surface area contributed by atoms with Gasteiger partial charge in [0.2, 0.25) is 5.91 Å². The molecule has 8 nitrogen and oxygen atoms in total. The number of aryl methyl sites for hydroxylation is 1. The number of ether oxygens (including phenoxy) is 1. The molecule has 0 radical (unpaired) electrons. The van der Waals surface area contributed by atoms with Crippen LogP contribution in [-0.4, -0.2) is 53.2 Å². The average molecular weight is 456 g/mol. The van der Waals surface area contributed by atoms with E-state index in [1.54, 1.807) is 0 Å². The van der Waals surface area contributed by atoms with Crippen molar-refractivity contribution in [1.82, 2.24) is 25.7 Å². The largest absolute Gasteiger partial charge is 0.493 e. The molecule has 2 heterocycles. The van der Waals surface area contributed by atoms with Gasteiger partial charge in [0.05, 0.1) is 25.4 Å². The highest BCUT2D eigenvalue weighted by Gasteiger charge is 2.21.